The van der Waals surface area contributed by atoms with Crippen molar-refractivity contribution < 1.29 is 28.4 Å². The van der Waals surface area contributed by atoms with Crippen LogP contribution < -0.4 is 10.6 Å². The average molecular weight is 618 g/mol. The summed E-state index contributed by atoms with van der Waals surface area (Å²) in [6, 6.07) is 14.4. The lowest BCUT2D eigenvalue weighted by atomic mass is 9.85. The highest BCUT2D eigenvalue weighted by Crippen LogP contribution is 2.26. The van der Waals surface area contributed by atoms with Crippen molar-refractivity contribution in [1.29, 1.82) is 0 Å². The van der Waals surface area contributed by atoms with Crippen LogP contribution in [-0.2, 0) is 27.4 Å². The second-order valence-electron chi connectivity index (χ2n) is 13.0. The summed E-state index contributed by atoms with van der Waals surface area (Å²) in [6.07, 6.45) is 0.684. The molecular weight excluding hydrogens is 574 g/mol. The lowest BCUT2D eigenvalue weighted by molar-refractivity contribution is -0.142. The van der Waals surface area contributed by atoms with Gasteiger partial charge in [-0.1, -0.05) is 99.9 Å². The van der Waals surface area contributed by atoms with Gasteiger partial charge in [0, 0.05) is 6.54 Å². The molecular formula is C34H43N5O6. The molecule has 1 aliphatic rings. The van der Waals surface area contributed by atoms with Crippen LogP contribution in [0, 0.1) is 18.3 Å². The van der Waals surface area contributed by atoms with Crippen LogP contribution in [0.15, 0.2) is 59.1 Å². The minimum atomic E-state index is -0.942. The van der Waals surface area contributed by atoms with Gasteiger partial charge in [-0.25, -0.2) is 4.79 Å². The Balaban J connectivity index is 1.42. The van der Waals surface area contributed by atoms with Gasteiger partial charge in [0.15, 0.2) is 0 Å². The fourth-order valence-corrected chi connectivity index (χ4v) is 5.35. The Labute approximate surface area is 264 Å². The number of likely N-dealkylation sites (tertiary alicyclic amines) is 1. The highest BCUT2D eigenvalue weighted by molar-refractivity contribution is 6.00. The number of hydrogen-bond acceptors (Lipinski definition) is 8. The number of rotatable bonds is 11. The molecule has 1 fully saturated rings. The van der Waals surface area contributed by atoms with E-state index in [2.05, 4.69) is 20.8 Å². The van der Waals surface area contributed by atoms with Crippen molar-refractivity contribution in [2.45, 2.75) is 85.5 Å². The summed E-state index contributed by atoms with van der Waals surface area (Å²) in [5.41, 5.74) is 2.22. The molecule has 0 spiro atoms. The quantitative estimate of drug-likeness (QED) is 0.297. The summed E-state index contributed by atoms with van der Waals surface area (Å²) in [7, 11) is 0. The lowest BCUT2D eigenvalue weighted by Crippen LogP contribution is -2.59. The maximum absolute atomic E-state index is 13.8. The maximum atomic E-state index is 13.8. The Morgan fingerprint density at radius 3 is 2.40 bits per heavy atom. The van der Waals surface area contributed by atoms with E-state index in [1.807, 2.05) is 96.1 Å². The molecule has 0 aliphatic carbocycles. The first-order valence-corrected chi connectivity index (χ1v) is 15.3. The molecule has 3 amide bonds. The number of aryl methyl sites for hydroxylation is 1. The SMILES string of the molecule is Cc1cccc(Cc2nc(C(=O)C(NC(=O)[C@@H]3CCCN3C(=O)[C@@H](NC(=O)OCc3ccccc3)C(C)(C)C)C(C)C)no2)c1. The third kappa shape index (κ3) is 8.77. The number of Topliss-reactive ketones (excluding diaryl/α,β-unsaturated/α-hetero) is 1. The summed E-state index contributed by atoms with van der Waals surface area (Å²) in [5, 5.41) is 9.46. The standard InChI is InChI=1S/C34H43N5O6/c1-21(2)27(28(40)30-35-26(45-38-30)19-24-15-10-12-22(3)18-24)36-31(41)25-16-11-17-39(25)32(42)29(34(4,5)6)37-33(43)44-20-23-13-8-7-9-14-23/h7-10,12-15,18,21,25,27,29H,11,16-17,19-20H2,1-6H3,(H,36,41)(H,37,43)/t25-,27?,29+/m0/s1. The number of hydrogen-bond donors (Lipinski definition) is 2. The van der Waals surface area contributed by atoms with Crippen molar-refractivity contribution in [2.24, 2.45) is 11.3 Å². The van der Waals surface area contributed by atoms with Gasteiger partial charge in [-0.15, -0.1) is 0 Å². The number of nitrogens with zero attached hydrogens (tertiary/aromatic N) is 3. The van der Waals surface area contributed by atoms with Crippen molar-refractivity contribution in [3.63, 3.8) is 0 Å². The fraction of sp³-hybridized carbons (Fsp3) is 0.471. The van der Waals surface area contributed by atoms with Crippen molar-refractivity contribution >= 4 is 23.7 Å². The molecule has 1 saturated heterocycles. The van der Waals surface area contributed by atoms with Gasteiger partial charge in [0.05, 0.1) is 12.5 Å². The van der Waals surface area contributed by atoms with Crippen molar-refractivity contribution in [2.75, 3.05) is 6.54 Å². The maximum Gasteiger partial charge on any atom is 0.408 e. The molecule has 3 aromatic rings. The van der Waals surface area contributed by atoms with E-state index in [0.717, 1.165) is 16.7 Å². The molecule has 2 heterocycles. The Hall–Kier alpha value is -4.54. The Morgan fingerprint density at radius 2 is 1.73 bits per heavy atom. The molecule has 3 atom stereocenters. The smallest absolute Gasteiger partial charge is 0.408 e. The predicted octanol–water partition coefficient (Wildman–Crippen LogP) is 4.62. The topological polar surface area (TPSA) is 144 Å². The van der Waals surface area contributed by atoms with E-state index in [0.29, 0.717) is 31.7 Å². The average Bonchev–Trinajstić information content (AvgIpc) is 3.67. The van der Waals surface area contributed by atoms with E-state index in [9.17, 15) is 19.2 Å². The zero-order valence-corrected chi connectivity index (χ0v) is 26.8. The van der Waals surface area contributed by atoms with E-state index in [1.54, 1.807) is 0 Å². The van der Waals surface area contributed by atoms with Crippen LogP contribution in [0.2, 0.25) is 0 Å². The minimum Gasteiger partial charge on any atom is -0.445 e. The fourth-order valence-electron chi connectivity index (χ4n) is 5.35. The van der Waals surface area contributed by atoms with E-state index >= 15 is 0 Å². The summed E-state index contributed by atoms with van der Waals surface area (Å²) in [4.78, 5) is 59.4. The van der Waals surface area contributed by atoms with Crippen LogP contribution in [0.1, 0.15) is 80.7 Å². The van der Waals surface area contributed by atoms with Crippen LogP contribution in [0.25, 0.3) is 0 Å². The summed E-state index contributed by atoms with van der Waals surface area (Å²) in [5.74, 6) is -1.40. The van der Waals surface area contributed by atoms with Gasteiger partial charge in [-0.2, -0.15) is 4.98 Å². The zero-order chi connectivity index (χ0) is 32.7. The van der Waals surface area contributed by atoms with Gasteiger partial charge in [0.1, 0.15) is 18.7 Å². The first-order chi connectivity index (χ1) is 21.3. The number of carbonyl (C=O) groups excluding carboxylic acids is 4. The normalized spacial score (nSPS) is 16.2. The largest absolute Gasteiger partial charge is 0.445 e. The highest BCUT2D eigenvalue weighted by atomic mass is 16.5. The second kappa shape index (κ2) is 14.5. The molecule has 11 nitrogen and oxygen atoms in total. The van der Waals surface area contributed by atoms with Gasteiger partial charge in [0.25, 0.3) is 0 Å². The summed E-state index contributed by atoms with van der Waals surface area (Å²) in [6.45, 7) is 11.5. The van der Waals surface area contributed by atoms with Crippen LogP contribution in [0.3, 0.4) is 0 Å². The van der Waals surface area contributed by atoms with E-state index in [-0.39, 0.29) is 24.3 Å². The van der Waals surface area contributed by atoms with Crippen molar-refractivity contribution in [1.82, 2.24) is 25.7 Å². The minimum absolute atomic E-state index is 0.0604. The molecule has 1 aliphatic heterocycles. The highest BCUT2D eigenvalue weighted by Gasteiger charge is 2.43. The first kappa shape index (κ1) is 33.4. The molecule has 1 aromatic heterocycles. The molecule has 0 saturated carbocycles. The molecule has 4 rings (SSSR count). The Bertz CT molecular complexity index is 1500. The van der Waals surface area contributed by atoms with E-state index < -0.39 is 41.3 Å². The number of aromatic nitrogens is 2. The molecule has 0 radical (unpaired) electrons. The molecule has 1 unspecified atom stereocenters. The zero-order valence-electron chi connectivity index (χ0n) is 26.8. The third-order valence-corrected chi connectivity index (χ3v) is 7.80. The van der Waals surface area contributed by atoms with E-state index in [1.165, 1.54) is 4.90 Å². The van der Waals surface area contributed by atoms with E-state index in [4.69, 9.17) is 9.26 Å². The number of alkyl carbamates (subject to hydrolysis) is 1. The van der Waals surface area contributed by atoms with Gasteiger partial charge >= 0.3 is 6.09 Å². The van der Waals surface area contributed by atoms with Gasteiger partial charge in [0.2, 0.25) is 29.3 Å². The molecule has 2 N–H and O–H groups in total. The molecule has 0 bridgehead atoms. The monoisotopic (exact) mass is 617 g/mol. The number of ether oxygens (including phenoxy) is 1. The van der Waals surface area contributed by atoms with Gasteiger partial charge < -0.3 is 24.8 Å². The summed E-state index contributed by atoms with van der Waals surface area (Å²) >= 11 is 0. The molecule has 2 aromatic carbocycles. The molecule has 11 heteroatoms. The number of carbonyl (C=O) groups is 4. The van der Waals surface area contributed by atoms with Crippen molar-refractivity contribution in [3.05, 3.63) is 83.0 Å². The molecule has 240 valence electrons. The number of benzene rings is 2. The molecule has 45 heavy (non-hydrogen) atoms. The number of ketones is 1. The van der Waals surface area contributed by atoms with Crippen LogP contribution in [0.5, 0.6) is 0 Å². The first-order valence-electron chi connectivity index (χ1n) is 15.3. The van der Waals surface area contributed by atoms with Crippen LogP contribution in [0.4, 0.5) is 4.79 Å². The second-order valence-corrected chi connectivity index (χ2v) is 13.0. The number of amides is 3. The van der Waals surface area contributed by atoms with Gasteiger partial charge in [-0.3, -0.25) is 14.4 Å². The lowest BCUT2D eigenvalue weighted by Gasteiger charge is -2.35. The predicted molar refractivity (Wildman–Crippen MR) is 167 cm³/mol. The van der Waals surface area contributed by atoms with Crippen LogP contribution >= 0.6 is 0 Å². The Kier molecular flexibility index (Phi) is 10.7. The van der Waals surface area contributed by atoms with Crippen molar-refractivity contribution in [3.8, 4) is 0 Å². The third-order valence-electron chi connectivity index (χ3n) is 7.80. The summed E-state index contributed by atoms with van der Waals surface area (Å²) < 4.78 is 10.7. The number of nitrogens with one attached hydrogen (secondary N) is 2. The van der Waals surface area contributed by atoms with Crippen LogP contribution in [-0.4, -0.2) is 63.4 Å². The van der Waals surface area contributed by atoms with Gasteiger partial charge in [-0.05, 0) is 42.2 Å². The Morgan fingerprint density at radius 1 is 1.02 bits per heavy atom.